The number of nitrogen functional groups attached to an aromatic ring is 1. The van der Waals surface area contributed by atoms with Crippen LogP contribution in [-0.4, -0.2) is 20.2 Å². The number of anilines is 1. The van der Waals surface area contributed by atoms with Gasteiger partial charge in [-0.05, 0) is 69.2 Å². The van der Waals surface area contributed by atoms with Gasteiger partial charge in [0.2, 0.25) is 0 Å². The van der Waals surface area contributed by atoms with Crippen molar-refractivity contribution in [3.8, 4) is 17.1 Å². The van der Waals surface area contributed by atoms with Gasteiger partial charge in [0.15, 0.2) is 5.82 Å². The van der Waals surface area contributed by atoms with Gasteiger partial charge in [-0.15, -0.1) is 5.10 Å². The Morgan fingerprint density at radius 2 is 2.00 bits per heavy atom. The Hall–Kier alpha value is -2.28. The molecule has 0 aliphatic rings. The zero-order valence-electron chi connectivity index (χ0n) is 11.1. The maximum atomic E-state index is 13.5. The number of nitrogens with two attached hydrogens (primary N) is 1. The van der Waals surface area contributed by atoms with Crippen LogP contribution in [0.15, 0.2) is 40.9 Å². The van der Waals surface area contributed by atoms with Gasteiger partial charge in [0, 0.05) is 21.8 Å². The number of benzene rings is 2. The maximum absolute atomic E-state index is 13.5. The van der Waals surface area contributed by atoms with E-state index in [1.807, 2.05) is 19.1 Å². The number of aromatic nitrogens is 4. The highest BCUT2D eigenvalue weighted by atomic mass is 79.9. The summed E-state index contributed by atoms with van der Waals surface area (Å²) in [6.45, 7) is 1.91. The number of tetrazole rings is 1. The van der Waals surface area contributed by atoms with Gasteiger partial charge in [0.05, 0.1) is 5.69 Å². The van der Waals surface area contributed by atoms with Gasteiger partial charge in [0.1, 0.15) is 5.82 Å². The molecule has 0 fully saturated rings. The fraction of sp³-hybridized carbons (Fsp3) is 0.0714. The van der Waals surface area contributed by atoms with Crippen molar-refractivity contribution in [2.75, 3.05) is 5.73 Å². The SMILES string of the molecule is Cc1cc(-c2nnnn2-c2cc(F)ccc2Br)ccc1N. The third-order valence-electron chi connectivity index (χ3n) is 3.13. The molecule has 0 spiro atoms. The molecule has 0 aliphatic carbocycles. The summed E-state index contributed by atoms with van der Waals surface area (Å²) in [5.41, 5.74) is 8.79. The molecule has 0 bridgehead atoms. The number of halogens is 2. The van der Waals surface area contributed by atoms with Crippen LogP contribution in [0.3, 0.4) is 0 Å². The molecule has 0 saturated heterocycles. The van der Waals surface area contributed by atoms with Gasteiger partial charge in [0.25, 0.3) is 0 Å². The normalized spacial score (nSPS) is 10.8. The number of aryl methyl sites for hydroxylation is 1. The molecule has 0 amide bonds. The molecule has 0 radical (unpaired) electrons. The molecule has 2 N–H and O–H groups in total. The molecular weight excluding hydrogens is 337 g/mol. The fourth-order valence-corrected chi connectivity index (χ4v) is 2.41. The second kappa shape index (κ2) is 5.25. The van der Waals surface area contributed by atoms with Crippen molar-refractivity contribution in [3.63, 3.8) is 0 Å². The molecular formula is C14H11BrFN5. The van der Waals surface area contributed by atoms with E-state index in [9.17, 15) is 4.39 Å². The predicted octanol–water partition coefficient (Wildman–Crippen LogP) is 3.12. The van der Waals surface area contributed by atoms with Gasteiger partial charge in [-0.25, -0.2) is 4.39 Å². The van der Waals surface area contributed by atoms with E-state index in [0.29, 0.717) is 21.7 Å². The first-order valence-electron chi connectivity index (χ1n) is 6.16. The minimum absolute atomic E-state index is 0.358. The zero-order valence-corrected chi connectivity index (χ0v) is 12.7. The third-order valence-corrected chi connectivity index (χ3v) is 3.80. The predicted molar refractivity (Wildman–Crippen MR) is 81.4 cm³/mol. The van der Waals surface area contributed by atoms with E-state index in [-0.39, 0.29) is 5.82 Å². The largest absolute Gasteiger partial charge is 0.399 e. The standard InChI is InChI=1S/C14H11BrFN5/c1-8-6-9(2-5-12(8)17)14-18-19-20-21(14)13-7-10(16)3-4-11(13)15/h2-7H,17H2,1H3. The first-order valence-corrected chi connectivity index (χ1v) is 6.96. The molecule has 5 nitrogen and oxygen atoms in total. The van der Waals surface area contributed by atoms with Crippen molar-refractivity contribution in [2.45, 2.75) is 6.92 Å². The lowest BCUT2D eigenvalue weighted by Crippen LogP contribution is -2.02. The number of rotatable bonds is 2. The van der Waals surface area contributed by atoms with E-state index in [0.717, 1.165) is 11.1 Å². The van der Waals surface area contributed by atoms with E-state index in [1.165, 1.54) is 16.8 Å². The lowest BCUT2D eigenvalue weighted by Gasteiger charge is -2.08. The van der Waals surface area contributed by atoms with E-state index in [4.69, 9.17) is 5.73 Å². The first-order chi connectivity index (χ1) is 10.1. The summed E-state index contributed by atoms with van der Waals surface area (Å²) in [6, 6.07) is 9.87. The van der Waals surface area contributed by atoms with Gasteiger partial charge in [-0.1, -0.05) is 0 Å². The summed E-state index contributed by atoms with van der Waals surface area (Å²) < 4.78 is 15.7. The molecule has 1 heterocycles. The van der Waals surface area contributed by atoms with E-state index in [2.05, 4.69) is 31.5 Å². The Labute approximate surface area is 128 Å². The Morgan fingerprint density at radius 1 is 1.19 bits per heavy atom. The molecule has 0 atom stereocenters. The van der Waals surface area contributed by atoms with Crippen LogP contribution in [0.1, 0.15) is 5.56 Å². The second-order valence-corrected chi connectivity index (χ2v) is 5.44. The fourth-order valence-electron chi connectivity index (χ4n) is 1.99. The monoisotopic (exact) mass is 347 g/mol. The van der Waals surface area contributed by atoms with Crippen LogP contribution in [0.25, 0.3) is 17.1 Å². The number of hydrogen-bond donors (Lipinski definition) is 1. The molecule has 3 rings (SSSR count). The summed E-state index contributed by atoms with van der Waals surface area (Å²) in [7, 11) is 0. The molecule has 106 valence electrons. The Kier molecular flexibility index (Phi) is 3.42. The van der Waals surface area contributed by atoms with Crippen LogP contribution in [0.5, 0.6) is 0 Å². The van der Waals surface area contributed by atoms with Gasteiger partial charge in [-0.3, -0.25) is 0 Å². The second-order valence-electron chi connectivity index (χ2n) is 4.58. The van der Waals surface area contributed by atoms with Crippen LogP contribution < -0.4 is 5.73 Å². The number of hydrogen-bond acceptors (Lipinski definition) is 4. The van der Waals surface area contributed by atoms with Gasteiger partial charge in [-0.2, -0.15) is 4.68 Å². The molecule has 1 aromatic heterocycles. The van der Waals surface area contributed by atoms with Crippen LogP contribution in [0.4, 0.5) is 10.1 Å². The van der Waals surface area contributed by atoms with E-state index < -0.39 is 0 Å². The van der Waals surface area contributed by atoms with Crippen molar-refractivity contribution in [1.29, 1.82) is 0 Å². The topological polar surface area (TPSA) is 69.6 Å². The van der Waals surface area contributed by atoms with Crippen LogP contribution in [-0.2, 0) is 0 Å². The van der Waals surface area contributed by atoms with Crippen molar-refractivity contribution < 1.29 is 4.39 Å². The molecule has 2 aromatic carbocycles. The quantitative estimate of drug-likeness (QED) is 0.723. The highest BCUT2D eigenvalue weighted by molar-refractivity contribution is 9.10. The summed E-state index contributed by atoms with van der Waals surface area (Å²) in [5, 5.41) is 11.7. The van der Waals surface area contributed by atoms with Crippen LogP contribution >= 0.6 is 15.9 Å². The molecule has 3 aromatic rings. The average Bonchev–Trinajstić information content (AvgIpc) is 2.93. The average molecular weight is 348 g/mol. The minimum Gasteiger partial charge on any atom is -0.399 e. The van der Waals surface area contributed by atoms with Gasteiger partial charge >= 0.3 is 0 Å². The zero-order chi connectivity index (χ0) is 15.0. The van der Waals surface area contributed by atoms with Crippen molar-refractivity contribution in [1.82, 2.24) is 20.2 Å². The van der Waals surface area contributed by atoms with Crippen LogP contribution in [0, 0.1) is 12.7 Å². The van der Waals surface area contributed by atoms with Crippen molar-refractivity contribution >= 4 is 21.6 Å². The summed E-state index contributed by atoms with van der Waals surface area (Å²) in [6.07, 6.45) is 0. The Balaban J connectivity index is 2.17. The highest BCUT2D eigenvalue weighted by Crippen LogP contribution is 2.27. The van der Waals surface area contributed by atoms with Crippen molar-refractivity contribution in [3.05, 3.63) is 52.3 Å². The molecule has 0 aliphatic heterocycles. The third kappa shape index (κ3) is 2.52. The minimum atomic E-state index is -0.358. The summed E-state index contributed by atoms with van der Waals surface area (Å²) >= 11 is 3.38. The highest BCUT2D eigenvalue weighted by Gasteiger charge is 2.14. The van der Waals surface area contributed by atoms with Crippen molar-refractivity contribution in [2.24, 2.45) is 0 Å². The maximum Gasteiger partial charge on any atom is 0.187 e. The molecule has 7 heteroatoms. The van der Waals surface area contributed by atoms with E-state index in [1.54, 1.807) is 12.1 Å². The Morgan fingerprint density at radius 3 is 2.76 bits per heavy atom. The number of nitrogens with zero attached hydrogens (tertiary/aromatic N) is 4. The summed E-state index contributed by atoms with van der Waals surface area (Å²) in [5.74, 6) is 0.160. The van der Waals surface area contributed by atoms with Crippen LogP contribution in [0.2, 0.25) is 0 Å². The molecule has 21 heavy (non-hydrogen) atoms. The summed E-state index contributed by atoms with van der Waals surface area (Å²) in [4.78, 5) is 0. The molecule has 0 saturated carbocycles. The first kappa shape index (κ1) is 13.7. The van der Waals surface area contributed by atoms with E-state index >= 15 is 0 Å². The smallest absolute Gasteiger partial charge is 0.187 e. The lowest BCUT2D eigenvalue weighted by atomic mass is 10.1. The molecule has 0 unspecified atom stereocenters. The van der Waals surface area contributed by atoms with Gasteiger partial charge < -0.3 is 5.73 Å². The lowest BCUT2D eigenvalue weighted by molar-refractivity contribution is 0.624. The Bertz CT molecular complexity index is 815.